The first-order valence-electron chi connectivity index (χ1n) is 10.3. The van der Waals surface area contributed by atoms with Crippen molar-refractivity contribution < 1.29 is 4.74 Å². The van der Waals surface area contributed by atoms with Crippen LogP contribution in [0.2, 0.25) is 5.15 Å². The monoisotopic (exact) mass is 442 g/mol. The molecular formula is C24H19ClN6O. The highest BCUT2D eigenvalue weighted by atomic mass is 35.5. The van der Waals surface area contributed by atoms with Gasteiger partial charge in [0.25, 0.3) is 0 Å². The molecule has 1 saturated heterocycles. The molecule has 2 aromatic carbocycles. The molecular weight excluding hydrogens is 424 g/mol. The summed E-state index contributed by atoms with van der Waals surface area (Å²) < 4.78 is 7.39. The lowest BCUT2D eigenvalue weighted by Crippen LogP contribution is -2.38. The first kappa shape index (κ1) is 20.2. The normalized spacial score (nSPS) is 14.5. The maximum atomic E-state index is 10.0. The van der Waals surface area contributed by atoms with Crippen molar-refractivity contribution in [3.63, 3.8) is 0 Å². The molecule has 1 aliphatic rings. The zero-order valence-corrected chi connectivity index (χ0v) is 17.9. The molecule has 0 radical (unpaired) electrons. The molecule has 2 aromatic heterocycles. The fourth-order valence-electron chi connectivity index (χ4n) is 3.75. The first-order chi connectivity index (χ1) is 15.7. The second-order valence-electron chi connectivity index (χ2n) is 7.32. The number of nitrogens with zero attached hydrogens (tertiary/aromatic N) is 6. The summed E-state index contributed by atoms with van der Waals surface area (Å²) in [6.07, 6.45) is 1.72. The van der Waals surface area contributed by atoms with Crippen LogP contribution in [-0.4, -0.2) is 46.1 Å². The van der Waals surface area contributed by atoms with Gasteiger partial charge in [0.1, 0.15) is 11.2 Å². The Hall–Kier alpha value is -3.73. The second kappa shape index (κ2) is 8.79. The molecule has 0 aliphatic carbocycles. The van der Waals surface area contributed by atoms with Gasteiger partial charge < -0.3 is 9.64 Å². The zero-order valence-electron chi connectivity index (χ0n) is 17.1. The molecule has 0 bridgehead atoms. The molecule has 0 saturated carbocycles. The van der Waals surface area contributed by atoms with Crippen molar-refractivity contribution in [1.82, 2.24) is 19.7 Å². The van der Waals surface area contributed by atoms with Gasteiger partial charge in [-0.2, -0.15) is 5.26 Å². The van der Waals surface area contributed by atoms with Crippen molar-refractivity contribution in [2.24, 2.45) is 0 Å². The van der Waals surface area contributed by atoms with E-state index in [1.54, 1.807) is 6.08 Å². The molecule has 0 atom stereocenters. The van der Waals surface area contributed by atoms with E-state index < -0.39 is 0 Å². The van der Waals surface area contributed by atoms with Crippen molar-refractivity contribution in [2.75, 3.05) is 31.2 Å². The van der Waals surface area contributed by atoms with E-state index in [2.05, 4.69) is 26.2 Å². The minimum atomic E-state index is 0.329. The number of benzene rings is 2. The first-order valence-corrected chi connectivity index (χ1v) is 10.6. The molecule has 8 heteroatoms. The molecule has 3 heterocycles. The summed E-state index contributed by atoms with van der Waals surface area (Å²) >= 11 is 6.45. The van der Waals surface area contributed by atoms with Gasteiger partial charge in [-0.1, -0.05) is 48.0 Å². The number of morpholine rings is 1. The fourth-order valence-corrected chi connectivity index (χ4v) is 3.95. The molecule has 1 fully saturated rings. The Kier molecular flexibility index (Phi) is 5.55. The summed E-state index contributed by atoms with van der Waals surface area (Å²) in [7, 11) is 0. The van der Waals surface area contributed by atoms with Crippen LogP contribution in [0.3, 0.4) is 0 Å². The molecule has 4 aromatic rings. The lowest BCUT2D eigenvalue weighted by atomic mass is 10.1. The number of halogens is 1. The number of fused-ring (bicyclic) bond motifs is 1. The van der Waals surface area contributed by atoms with Crippen LogP contribution >= 0.6 is 11.6 Å². The summed E-state index contributed by atoms with van der Waals surface area (Å²) in [5, 5.41) is 20.2. The summed E-state index contributed by atoms with van der Waals surface area (Å²) in [4.78, 5) is 6.58. The third kappa shape index (κ3) is 3.82. The van der Waals surface area contributed by atoms with Crippen LogP contribution < -0.4 is 4.90 Å². The van der Waals surface area contributed by atoms with E-state index in [0.717, 1.165) is 16.6 Å². The Morgan fingerprint density at radius 2 is 1.78 bits per heavy atom. The van der Waals surface area contributed by atoms with E-state index in [0.29, 0.717) is 54.4 Å². The van der Waals surface area contributed by atoms with Crippen LogP contribution in [0.25, 0.3) is 28.2 Å². The molecule has 5 rings (SSSR count). The number of nitriles is 1. The molecule has 1 aliphatic heterocycles. The zero-order chi connectivity index (χ0) is 21.9. The van der Waals surface area contributed by atoms with E-state index in [4.69, 9.17) is 16.3 Å². The Bertz CT molecular complexity index is 1340. The third-order valence-corrected chi connectivity index (χ3v) is 5.62. The average molecular weight is 443 g/mol. The van der Waals surface area contributed by atoms with Crippen molar-refractivity contribution in [3.05, 3.63) is 77.2 Å². The number of rotatable bonds is 4. The highest BCUT2D eigenvalue weighted by molar-refractivity contribution is 6.31. The third-order valence-electron chi connectivity index (χ3n) is 5.32. The number of aromatic nitrogens is 4. The lowest BCUT2D eigenvalue weighted by Gasteiger charge is -2.28. The highest BCUT2D eigenvalue weighted by Gasteiger charge is 2.23. The topological polar surface area (TPSA) is 79.9 Å². The number of hydrogen-bond donors (Lipinski definition) is 0. The SMILES string of the molecule is N#CC(=Cc1cc2ccccc2nc1Cl)c1nnc(N2CCOCC2)n1-c1ccccc1. The van der Waals surface area contributed by atoms with Gasteiger partial charge in [0.15, 0.2) is 5.82 Å². The lowest BCUT2D eigenvalue weighted by molar-refractivity contribution is 0.122. The number of anilines is 1. The van der Waals surface area contributed by atoms with Crippen LogP contribution in [0.1, 0.15) is 11.4 Å². The Labute approximate surface area is 190 Å². The molecule has 0 unspecified atom stereocenters. The standard InChI is InChI=1S/C24H19ClN6O/c25-22-18(14-17-6-4-5-9-21(17)27-22)15-19(16-26)23-28-29-24(30-10-12-32-13-11-30)31(23)20-7-2-1-3-8-20/h1-9,14-15H,10-13H2. The maximum absolute atomic E-state index is 10.0. The summed E-state index contributed by atoms with van der Waals surface area (Å²) in [6.45, 7) is 2.65. The number of allylic oxidation sites excluding steroid dienone is 1. The predicted molar refractivity (Wildman–Crippen MR) is 125 cm³/mol. The fraction of sp³-hybridized carbons (Fsp3) is 0.167. The Morgan fingerprint density at radius 3 is 2.56 bits per heavy atom. The van der Waals surface area contributed by atoms with Crippen molar-refractivity contribution in [3.8, 4) is 11.8 Å². The summed E-state index contributed by atoms with van der Waals surface area (Å²) in [6, 6.07) is 21.7. The molecule has 32 heavy (non-hydrogen) atoms. The summed E-state index contributed by atoms with van der Waals surface area (Å²) in [5.41, 5.74) is 2.67. The van der Waals surface area contributed by atoms with Gasteiger partial charge in [-0.25, -0.2) is 4.98 Å². The van der Waals surface area contributed by atoms with Crippen LogP contribution in [0, 0.1) is 11.3 Å². The Morgan fingerprint density at radius 1 is 1.03 bits per heavy atom. The number of ether oxygens (including phenoxy) is 1. The van der Waals surface area contributed by atoms with Gasteiger partial charge >= 0.3 is 0 Å². The number of hydrogen-bond acceptors (Lipinski definition) is 6. The van der Waals surface area contributed by atoms with Gasteiger partial charge in [-0.3, -0.25) is 4.57 Å². The average Bonchev–Trinajstić information content (AvgIpc) is 3.29. The van der Waals surface area contributed by atoms with Gasteiger partial charge in [0.2, 0.25) is 5.95 Å². The molecule has 0 amide bonds. The van der Waals surface area contributed by atoms with Gasteiger partial charge in [-0.15, -0.1) is 10.2 Å². The highest BCUT2D eigenvalue weighted by Crippen LogP contribution is 2.28. The smallest absolute Gasteiger partial charge is 0.232 e. The summed E-state index contributed by atoms with van der Waals surface area (Å²) in [5.74, 6) is 1.13. The van der Waals surface area contributed by atoms with E-state index in [9.17, 15) is 5.26 Å². The minimum absolute atomic E-state index is 0.329. The predicted octanol–water partition coefficient (Wildman–Crippen LogP) is 4.37. The van der Waals surface area contributed by atoms with E-state index >= 15 is 0 Å². The second-order valence-corrected chi connectivity index (χ2v) is 7.68. The van der Waals surface area contributed by atoms with Gasteiger partial charge in [0, 0.05) is 24.0 Å². The number of para-hydroxylation sites is 2. The van der Waals surface area contributed by atoms with E-state index in [1.807, 2.05) is 65.2 Å². The van der Waals surface area contributed by atoms with Crippen LogP contribution in [0.4, 0.5) is 5.95 Å². The van der Waals surface area contributed by atoms with Crippen molar-refractivity contribution >= 4 is 40.1 Å². The molecule has 158 valence electrons. The largest absolute Gasteiger partial charge is 0.378 e. The number of pyridine rings is 1. The van der Waals surface area contributed by atoms with E-state index in [1.165, 1.54) is 0 Å². The molecule has 7 nitrogen and oxygen atoms in total. The van der Waals surface area contributed by atoms with Crippen LogP contribution in [-0.2, 0) is 4.74 Å². The van der Waals surface area contributed by atoms with Crippen LogP contribution in [0.15, 0.2) is 60.7 Å². The Balaban J connectivity index is 1.65. The van der Waals surface area contributed by atoms with E-state index in [-0.39, 0.29) is 0 Å². The van der Waals surface area contributed by atoms with Crippen molar-refractivity contribution in [2.45, 2.75) is 0 Å². The van der Waals surface area contributed by atoms with Gasteiger partial charge in [-0.05, 0) is 30.3 Å². The quantitative estimate of drug-likeness (QED) is 0.345. The van der Waals surface area contributed by atoms with Crippen molar-refractivity contribution in [1.29, 1.82) is 5.26 Å². The molecule has 0 N–H and O–H groups in total. The minimum Gasteiger partial charge on any atom is -0.378 e. The van der Waals surface area contributed by atoms with Crippen LogP contribution in [0.5, 0.6) is 0 Å². The maximum Gasteiger partial charge on any atom is 0.232 e. The van der Waals surface area contributed by atoms with Gasteiger partial charge in [0.05, 0.1) is 30.0 Å². The molecule has 0 spiro atoms.